The summed E-state index contributed by atoms with van der Waals surface area (Å²) in [5, 5.41) is 3.04. The molecule has 0 aliphatic heterocycles. The molecule has 0 saturated carbocycles. The Kier molecular flexibility index (Phi) is 6.88. The molecule has 0 aromatic heterocycles. The zero-order valence-corrected chi connectivity index (χ0v) is 12.8. The molecule has 0 aliphatic rings. The minimum atomic E-state index is -0.591. The first-order valence-electron chi connectivity index (χ1n) is 7.21. The minimum absolute atomic E-state index is 0.00444. The molecular weight excluding hydrogens is 268 g/mol. The van der Waals surface area contributed by atoms with Gasteiger partial charge in [0, 0.05) is 0 Å². The average Bonchev–Trinajstić information content (AvgIpc) is 2.43. The predicted octanol–water partition coefficient (Wildman–Crippen LogP) is 1.26. The smallest absolute Gasteiger partial charge is 0.323 e. The second kappa shape index (κ2) is 8.42. The summed E-state index contributed by atoms with van der Waals surface area (Å²) in [5.41, 5.74) is 6.40. The Morgan fingerprint density at radius 1 is 1.24 bits per heavy atom. The molecule has 0 saturated heterocycles. The highest BCUT2D eigenvalue weighted by molar-refractivity contribution is 5.82. The second-order valence-corrected chi connectivity index (χ2v) is 5.29. The zero-order valence-electron chi connectivity index (χ0n) is 12.8. The van der Waals surface area contributed by atoms with Crippen LogP contribution in [0.15, 0.2) is 30.3 Å². The summed E-state index contributed by atoms with van der Waals surface area (Å²) < 4.78 is 5.08. The number of amides is 1. The fourth-order valence-electron chi connectivity index (χ4n) is 2.12. The van der Waals surface area contributed by atoms with Gasteiger partial charge in [-0.05, 0) is 24.8 Å². The number of benzene rings is 1. The van der Waals surface area contributed by atoms with Gasteiger partial charge in [0.15, 0.2) is 0 Å². The van der Waals surface area contributed by atoms with Crippen molar-refractivity contribution in [2.45, 2.75) is 39.3 Å². The van der Waals surface area contributed by atoms with Crippen LogP contribution in [0.2, 0.25) is 0 Å². The largest absolute Gasteiger partial charge is 0.465 e. The van der Waals surface area contributed by atoms with Gasteiger partial charge < -0.3 is 10.5 Å². The Morgan fingerprint density at radius 3 is 2.33 bits per heavy atom. The number of nitrogens with one attached hydrogen (secondary N) is 1. The van der Waals surface area contributed by atoms with E-state index in [0.717, 1.165) is 5.56 Å². The lowest BCUT2D eigenvalue weighted by molar-refractivity contribution is -0.146. The first-order chi connectivity index (χ1) is 9.95. The highest BCUT2D eigenvalue weighted by Gasteiger charge is 2.28. The quantitative estimate of drug-likeness (QED) is 0.707. The summed E-state index contributed by atoms with van der Waals surface area (Å²) in [6.45, 7) is 5.82. The van der Waals surface area contributed by atoms with E-state index in [-0.39, 0.29) is 11.9 Å². The Balaban J connectivity index is 2.86. The van der Waals surface area contributed by atoms with Gasteiger partial charge in [-0.3, -0.25) is 14.9 Å². The van der Waals surface area contributed by atoms with Crippen LogP contribution in [0.5, 0.6) is 0 Å². The normalized spacial score (nSPS) is 13.7. The van der Waals surface area contributed by atoms with Crippen LogP contribution in [-0.2, 0) is 20.7 Å². The fourth-order valence-corrected chi connectivity index (χ4v) is 2.12. The van der Waals surface area contributed by atoms with Crippen molar-refractivity contribution < 1.29 is 14.3 Å². The van der Waals surface area contributed by atoms with Crippen LogP contribution in [0.4, 0.5) is 0 Å². The van der Waals surface area contributed by atoms with Gasteiger partial charge in [0.2, 0.25) is 5.91 Å². The van der Waals surface area contributed by atoms with Crippen molar-refractivity contribution in [1.82, 2.24) is 5.32 Å². The van der Waals surface area contributed by atoms with Crippen molar-refractivity contribution in [3.63, 3.8) is 0 Å². The van der Waals surface area contributed by atoms with Gasteiger partial charge in [-0.25, -0.2) is 0 Å². The number of ether oxygens (including phenoxy) is 1. The molecule has 0 unspecified atom stereocenters. The molecule has 0 spiro atoms. The number of hydrogen-bond donors (Lipinski definition) is 2. The molecule has 1 rings (SSSR count). The molecule has 116 valence electrons. The standard InChI is InChI=1S/C16H24N2O3/c1-4-21-16(20)13(10-12-8-6-5-7-9-12)18-14(11(2)3)15(17)19/h5-9,11,13-14,18H,4,10H2,1-3H3,(H2,17,19)/t13-,14-/m0/s1. The third-order valence-corrected chi connectivity index (χ3v) is 3.21. The van der Waals surface area contributed by atoms with Crippen LogP contribution in [0, 0.1) is 5.92 Å². The Labute approximate surface area is 125 Å². The van der Waals surface area contributed by atoms with Gasteiger partial charge >= 0.3 is 5.97 Å². The number of esters is 1. The van der Waals surface area contributed by atoms with E-state index in [1.54, 1.807) is 6.92 Å². The van der Waals surface area contributed by atoms with Crippen molar-refractivity contribution in [2.75, 3.05) is 6.61 Å². The van der Waals surface area contributed by atoms with Gasteiger partial charge in [-0.15, -0.1) is 0 Å². The van der Waals surface area contributed by atoms with E-state index in [0.29, 0.717) is 13.0 Å². The van der Waals surface area contributed by atoms with E-state index in [9.17, 15) is 9.59 Å². The van der Waals surface area contributed by atoms with E-state index in [2.05, 4.69) is 5.32 Å². The van der Waals surface area contributed by atoms with Gasteiger partial charge in [0.25, 0.3) is 0 Å². The van der Waals surface area contributed by atoms with E-state index >= 15 is 0 Å². The minimum Gasteiger partial charge on any atom is -0.465 e. The lowest BCUT2D eigenvalue weighted by Gasteiger charge is -2.25. The third-order valence-electron chi connectivity index (χ3n) is 3.21. The molecular formula is C16H24N2O3. The Hall–Kier alpha value is -1.88. The monoisotopic (exact) mass is 292 g/mol. The molecule has 0 fully saturated rings. The molecule has 1 amide bonds. The van der Waals surface area contributed by atoms with Crippen LogP contribution in [0.1, 0.15) is 26.3 Å². The summed E-state index contributed by atoms with van der Waals surface area (Å²) in [6, 6.07) is 8.44. The summed E-state index contributed by atoms with van der Waals surface area (Å²) >= 11 is 0. The van der Waals surface area contributed by atoms with Crippen molar-refractivity contribution >= 4 is 11.9 Å². The van der Waals surface area contributed by atoms with E-state index in [1.165, 1.54) is 0 Å². The SMILES string of the molecule is CCOC(=O)[C@H](Cc1ccccc1)N[C@H](C(N)=O)C(C)C. The third kappa shape index (κ3) is 5.55. The molecule has 5 nitrogen and oxygen atoms in total. The molecule has 3 N–H and O–H groups in total. The first kappa shape index (κ1) is 17.2. The zero-order chi connectivity index (χ0) is 15.8. The lowest BCUT2D eigenvalue weighted by atomic mass is 10.00. The molecule has 21 heavy (non-hydrogen) atoms. The van der Waals surface area contributed by atoms with Crippen LogP contribution in [0.3, 0.4) is 0 Å². The van der Waals surface area contributed by atoms with Crippen LogP contribution in [-0.4, -0.2) is 30.6 Å². The molecule has 0 radical (unpaired) electrons. The lowest BCUT2D eigenvalue weighted by Crippen LogP contribution is -2.53. The highest BCUT2D eigenvalue weighted by atomic mass is 16.5. The van der Waals surface area contributed by atoms with E-state index in [4.69, 9.17) is 10.5 Å². The second-order valence-electron chi connectivity index (χ2n) is 5.29. The Bertz CT molecular complexity index is 460. The van der Waals surface area contributed by atoms with Gasteiger partial charge in [0.05, 0.1) is 12.6 Å². The first-order valence-corrected chi connectivity index (χ1v) is 7.21. The number of carbonyl (C=O) groups excluding carboxylic acids is 2. The molecule has 0 heterocycles. The Morgan fingerprint density at radius 2 is 1.86 bits per heavy atom. The maximum absolute atomic E-state index is 12.1. The molecule has 0 aliphatic carbocycles. The number of nitrogens with two attached hydrogens (primary N) is 1. The van der Waals surface area contributed by atoms with Gasteiger partial charge in [-0.1, -0.05) is 44.2 Å². The van der Waals surface area contributed by atoms with E-state index < -0.39 is 18.0 Å². The molecule has 2 atom stereocenters. The predicted molar refractivity (Wildman–Crippen MR) is 81.5 cm³/mol. The number of rotatable bonds is 8. The van der Waals surface area contributed by atoms with Gasteiger partial charge in [-0.2, -0.15) is 0 Å². The van der Waals surface area contributed by atoms with Crippen molar-refractivity contribution in [3.05, 3.63) is 35.9 Å². The van der Waals surface area contributed by atoms with E-state index in [1.807, 2.05) is 44.2 Å². The summed E-state index contributed by atoms with van der Waals surface area (Å²) in [4.78, 5) is 23.6. The number of hydrogen-bond acceptors (Lipinski definition) is 4. The fraction of sp³-hybridized carbons (Fsp3) is 0.500. The highest BCUT2D eigenvalue weighted by Crippen LogP contribution is 2.09. The van der Waals surface area contributed by atoms with Crippen molar-refractivity contribution in [1.29, 1.82) is 0 Å². The molecule has 0 bridgehead atoms. The molecule has 5 heteroatoms. The van der Waals surface area contributed by atoms with Crippen molar-refractivity contribution in [2.24, 2.45) is 11.7 Å². The summed E-state index contributed by atoms with van der Waals surface area (Å²) in [6.07, 6.45) is 0.455. The maximum atomic E-state index is 12.1. The van der Waals surface area contributed by atoms with Gasteiger partial charge in [0.1, 0.15) is 6.04 Å². The molecule has 1 aromatic rings. The summed E-state index contributed by atoms with van der Waals surface area (Å²) in [5.74, 6) is -0.837. The topological polar surface area (TPSA) is 81.4 Å². The van der Waals surface area contributed by atoms with Crippen LogP contribution < -0.4 is 11.1 Å². The van der Waals surface area contributed by atoms with Crippen LogP contribution >= 0.6 is 0 Å². The van der Waals surface area contributed by atoms with Crippen molar-refractivity contribution in [3.8, 4) is 0 Å². The summed E-state index contributed by atoms with van der Waals surface area (Å²) in [7, 11) is 0. The number of primary amides is 1. The average molecular weight is 292 g/mol. The number of carbonyl (C=O) groups is 2. The molecule has 1 aromatic carbocycles. The van der Waals surface area contributed by atoms with Crippen LogP contribution in [0.25, 0.3) is 0 Å². The maximum Gasteiger partial charge on any atom is 0.323 e.